The van der Waals surface area contributed by atoms with E-state index in [1.54, 1.807) is 25.1 Å². The Morgan fingerprint density at radius 1 is 1.43 bits per heavy atom. The predicted octanol–water partition coefficient (Wildman–Crippen LogP) is 2.98. The quantitative estimate of drug-likeness (QED) is 0.786. The van der Waals surface area contributed by atoms with Crippen molar-refractivity contribution in [2.45, 2.75) is 45.3 Å². The lowest BCUT2D eigenvalue weighted by atomic mass is 9.96. The Morgan fingerprint density at radius 3 is 2.57 bits per heavy atom. The van der Waals surface area contributed by atoms with Crippen molar-refractivity contribution in [3.8, 4) is 5.75 Å². The van der Waals surface area contributed by atoms with Gasteiger partial charge in [-0.15, -0.1) is 0 Å². The summed E-state index contributed by atoms with van der Waals surface area (Å²) >= 11 is 3.33. The highest BCUT2D eigenvalue weighted by Crippen LogP contribution is 2.25. The van der Waals surface area contributed by atoms with Gasteiger partial charge in [-0.3, -0.25) is 4.79 Å². The fourth-order valence-electron chi connectivity index (χ4n) is 1.88. The first-order chi connectivity index (χ1) is 9.80. The number of hydrogen-bond donors (Lipinski definition) is 2. The summed E-state index contributed by atoms with van der Waals surface area (Å²) in [5.74, 6) is -0.970. The van der Waals surface area contributed by atoms with Crippen LogP contribution in [0.15, 0.2) is 28.7 Å². The Balaban J connectivity index is 2.74. The van der Waals surface area contributed by atoms with Crippen molar-refractivity contribution in [2.75, 3.05) is 0 Å². The van der Waals surface area contributed by atoms with Crippen molar-refractivity contribution in [2.24, 2.45) is 0 Å². The molecule has 0 heterocycles. The van der Waals surface area contributed by atoms with Crippen LogP contribution in [0.1, 0.15) is 33.6 Å². The molecule has 1 aromatic rings. The van der Waals surface area contributed by atoms with Crippen molar-refractivity contribution < 1.29 is 19.4 Å². The summed E-state index contributed by atoms with van der Waals surface area (Å²) in [5, 5.41) is 11.8. The SMILES string of the molecule is CCCC(C)(NC(=O)C(C)Oc1ccccc1Br)C(=O)O. The third-order valence-corrected chi connectivity index (χ3v) is 3.79. The van der Waals surface area contributed by atoms with Crippen LogP contribution < -0.4 is 10.1 Å². The lowest BCUT2D eigenvalue weighted by Crippen LogP contribution is -2.55. The average molecular weight is 358 g/mol. The van der Waals surface area contributed by atoms with Gasteiger partial charge in [-0.25, -0.2) is 4.79 Å². The number of aliphatic carboxylic acids is 1. The highest BCUT2D eigenvalue weighted by molar-refractivity contribution is 9.10. The van der Waals surface area contributed by atoms with Crippen LogP contribution in [0.5, 0.6) is 5.75 Å². The van der Waals surface area contributed by atoms with Gasteiger partial charge < -0.3 is 15.2 Å². The number of nitrogens with one attached hydrogen (secondary N) is 1. The molecule has 6 heteroatoms. The average Bonchev–Trinajstić information content (AvgIpc) is 2.41. The molecule has 0 aliphatic carbocycles. The Labute approximate surface area is 132 Å². The molecular formula is C15H20BrNO4. The maximum atomic E-state index is 12.1. The molecule has 0 aliphatic heterocycles. The molecule has 1 aromatic carbocycles. The number of carboxylic acid groups (broad SMARTS) is 1. The van der Waals surface area contributed by atoms with Gasteiger partial charge in [-0.2, -0.15) is 0 Å². The number of hydrogen-bond acceptors (Lipinski definition) is 3. The minimum absolute atomic E-state index is 0.357. The highest BCUT2D eigenvalue weighted by Gasteiger charge is 2.35. The van der Waals surface area contributed by atoms with E-state index >= 15 is 0 Å². The summed E-state index contributed by atoms with van der Waals surface area (Å²) in [6.45, 7) is 4.96. The molecule has 21 heavy (non-hydrogen) atoms. The van der Waals surface area contributed by atoms with Crippen LogP contribution in [0.4, 0.5) is 0 Å². The zero-order valence-electron chi connectivity index (χ0n) is 12.4. The fraction of sp³-hybridized carbons (Fsp3) is 0.467. The summed E-state index contributed by atoms with van der Waals surface area (Å²) in [6, 6.07) is 7.17. The normalized spacial score (nSPS) is 14.9. The van der Waals surface area contributed by atoms with Crippen LogP contribution in [0, 0.1) is 0 Å². The molecule has 0 radical (unpaired) electrons. The van der Waals surface area contributed by atoms with Crippen LogP contribution in [-0.2, 0) is 9.59 Å². The van der Waals surface area contributed by atoms with E-state index in [0.717, 1.165) is 4.47 Å². The molecule has 116 valence electrons. The van der Waals surface area contributed by atoms with Gasteiger partial charge in [0.15, 0.2) is 6.10 Å². The first-order valence-corrected chi connectivity index (χ1v) is 7.56. The Bertz CT molecular complexity index is 520. The van der Waals surface area contributed by atoms with Crippen LogP contribution in [0.2, 0.25) is 0 Å². The van der Waals surface area contributed by atoms with Crippen molar-refractivity contribution in [1.82, 2.24) is 5.32 Å². The standard InChI is InChI=1S/C15H20BrNO4/c1-4-9-15(3,14(19)20)17-13(18)10(2)21-12-8-6-5-7-11(12)16/h5-8,10H,4,9H2,1-3H3,(H,17,18)(H,19,20). The fourth-order valence-corrected chi connectivity index (χ4v) is 2.26. The predicted molar refractivity (Wildman–Crippen MR) is 83.3 cm³/mol. The maximum Gasteiger partial charge on any atom is 0.329 e. The van der Waals surface area contributed by atoms with E-state index in [-0.39, 0.29) is 0 Å². The topological polar surface area (TPSA) is 75.6 Å². The minimum Gasteiger partial charge on any atom is -0.480 e. The van der Waals surface area contributed by atoms with E-state index in [1.807, 2.05) is 13.0 Å². The van der Waals surface area contributed by atoms with E-state index in [1.165, 1.54) is 6.92 Å². The molecule has 2 atom stereocenters. The first kappa shape index (κ1) is 17.5. The lowest BCUT2D eigenvalue weighted by molar-refractivity contribution is -0.148. The van der Waals surface area contributed by atoms with Crippen molar-refractivity contribution in [3.05, 3.63) is 28.7 Å². The molecule has 1 rings (SSSR count). The third-order valence-electron chi connectivity index (χ3n) is 3.13. The molecule has 0 bridgehead atoms. The number of halogens is 1. The Kier molecular flexibility index (Phi) is 6.20. The van der Waals surface area contributed by atoms with E-state index in [4.69, 9.17) is 4.74 Å². The van der Waals surface area contributed by atoms with Gasteiger partial charge in [0, 0.05) is 0 Å². The largest absolute Gasteiger partial charge is 0.480 e. The van der Waals surface area contributed by atoms with Crippen LogP contribution in [0.3, 0.4) is 0 Å². The number of amides is 1. The van der Waals surface area contributed by atoms with E-state index in [9.17, 15) is 14.7 Å². The smallest absolute Gasteiger partial charge is 0.329 e. The molecule has 1 amide bonds. The van der Waals surface area contributed by atoms with Crippen molar-refractivity contribution in [1.29, 1.82) is 0 Å². The monoisotopic (exact) mass is 357 g/mol. The van der Waals surface area contributed by atoms with Gasteiger partial charge in [0.1, 0.15) is 11.3 Å². The van der Waals surface area contributed by atoms with E-state index in [2.05, 4.69) is 21.2 Å². The molecule has 0 spiro atoms. The molecule has 2 unspecified atom stereocenters. The van der Waals surface area contributed by atoms with Crippen molar-refractivity contribution in [3.63, 3.8) is 0 Å². The molecule has 0 saturated carbocycles. The van der Waals surface area contributed by atoms with Crippen LogP contribution in [-0.4, -0.2) is 28.6 Å². The van der Waals surface area contributed by atoms with Crippen molar-refractivity contribution >= 4 is 27.8 Å². The van der Waals surface area contributed by atoms with Gasteiger partial charge in [-0.05, 0) is 48.3 Å². The molecule has 0 fully saturated rings. The maximum absolute atomic E-state index is 12.1. The van der Waals surface area contributed by atoms with Gasteiger partial charge in [0.05, 0.1) is 4.47 Å². The number of carbonyl (C=O) groups excluding carboxylic acids is 1. The van der Waals surface area contributed by atoms with E-state index in [0.29, 0.717) is 18.6 Å². The Morgan fingerprint density at radius 2 is 2.05 bits per heavy atom. The number of carboxylic acids is 1. The van der Waals surface area contributed by atoms with Crippen LogP contribution >= 0.6 is 15.9 Å². The summed E-state index contributed by atoms with van der Waals surface area (Å²) in [7, 11) is 0. The highest BCUT2D eigenvalue weighted by atomic mass is 79.9. The molecule has 2 N–H and O–H groups in total. The first-order valence-electron chi connectivity index (χ1n) is 6.76. The van der Waals surface area contributed by atoms with Crippen LogP contribution in [0.25, 0.3) is 0 Å². The number of rotatable bonds is 7. The second-order valence-corrected chi connectivity index (χ2v) is 5.92. The number of carbonyl (C=O) groups is 2. The molecule has 5 nitrogen and oxygen atoms in total. The molecular weight excluding hydrogens is 338 g/mol. The summed E-state index contributed by atoms with van der Waals surface area (Å²) in [5.41, 5.74) is -1.28. The van der Waals surface area contributed by atoms with Gasteiger partial charge in [-0.1, -0.05) is 25.5 Å². The molecule has 0 aromatic heterocycles. The number of para-hydroxylation sites is 1. The number of ether oxygens (including phenoxy) is 1. The summed E-state index contributed by atoms with van der Waals surface area (Å²) in [6.07, 6.45) is 0.220. The summed E-state index contributed by atoms with van der Waals surface area (Å²) in [4.78, 5) is 23.5. The zero-order valence-corrected chi connectivity index (χ0v) is 13.9. The second kappa shape index (κ2) is 7.45. The van der Waals surface area contributed by atoms with E-state index < -0.39 is 23.5 Å². The second-order valence-electron chi connectivity index (χ2n) is 5.07. The molecule has 0 saturated heterocycles. The third kappa shape index (κ3) is 4.74. The summed E-state index contributed by atoms with van der Waals surface area (Å²) < 4.78 is 6.29. The number of benzene rings is 1. The van der Waals surface area contributed by atoms with Gasteiger partial charge in [0.25, 0.3) is 5.91 Å². The Hall–Kier alpha value is -1.56. The zero-order chi connectivity index (χ0) is 16.0. The molecule has 0 aliphatic rings. The minimum atomic E-state index is -1.28. The lowest BCUT2D eigenvalue weighted by Gasteiger charge is -2.27. The van der Waals surface area contributed by atoms with Gasteiger partial charge in [0.2, 0.25) is 0 Å². The van der Waals surface area contributed by atoms with Gasteiger partial charge >= 0.3 is 5.97 Å².